The zero-order valence-electron chi connectivity index (χ0n) is 20.7. The van der Waals surface area contributed by atoms with Crippen molar-refractivity contribution < 1.29 is 14.3 Å². The number of aryl methyl sites for hydroxylation is 1. The highest BCUT2D eigenvalue weighted by Crippen LogP contribution is 2.25. The summed E-state index contributed by atoms with van der Waals surface area (Å²) < 4.78 is 6.91. The molecule has 4 rings (SSSR count). The molecule has 1 fully saturated rings. The van der Waals surface area contributed by atoms with Gasteiger partial charge in [-0.15, -0.1) is 5.10 Å². The number of nitrogens with one attached hydrogen (secondary N) is 1. The topological polar surface area (TPSA) is 89.4 Å². The van der Waals surface area contributed by atoms with Gasteiger partial charge in [0.2, 0.25) is 11.8 Å². The van der Waals surface area contributed by atoms with Crippen LogP contribution in [0, 0.1) is 0 Å². The van der Waals surface area contributed by atoms with Crippen LogP contribution >= 0.6 is 0 Å². The Morgan fingerprint density at radius 1 is 1.11 bits per heavy atom. The summed E-state index contributed by atoms with van der Waals surface area (Å²) in [5.41, 5.74) is 3.49. The molecule has 2 aromatic carbocycles. The number of benzene rings is 2. The van der Waals surface area contributed by atoms with Gasteiger partial charge in [0.25, 0.3) is 0 Å². The van der Waals surface area contributed by atoms with E-state index in [1.54, 1.807) is 16.7 Å². The van der Waals surface area contributed by atoms with Crippen LogP contribution in [-0.2, 0) is 27.3 Å². The average Bonchev–Trinajstić information content (AvgIpc) is 3.30. The average molecular weight is 478 g/mol. The van der Waals surface area contributed by atoms with E-state index in [0.717, 1.165) is 48.7 Å². The summed E-state index contributed by atoms with van der Waals surface area (Å²) in [5, 5.41) is 11.6. The zero-order chi connectivity index (χ0) is 24.6. The van der Waals surface area contributed by atoms with Crippen molar-refractivity contribution in [3.8, 4) is 0 Å². The zero-order valence-corrected chi connectivity index (χ0v) is 20.7. The summed E-state index contributed by atoms with van der Waals surface area (Å²) in [6.45, 7) is 2.70. The number of nitrogens with zero attached hydrogens (tertiary/aromatic N) is 4. The van der Waals surface area contributed by atoms with Gasteiger partial charge < -0.3 is 15.0 Å². The number of para-hydroxylation sites is 1. The molecule has 0 spiro atoms. The van der Waals surface area contributed by atoms with E-state index >= 15 is 0 Å². The molecule has 1 unspecified atom stereocenters. The third kappa shape index (κ3) is 6.06. The Hall–Kier alpha value is -3.26. The van der Waals surface area contributed by atoms with Gasteiger partial charge in [0.05, 0.1) is 12.1 Å². The van der Waals surface area contributed by atoms with Crippen molar-refractivity contribution in [3.63, 3.8) is 0 Å². The largest absolute Gasteiger partial charge is 0.383 e. The van der Waals surface area contributed by atoms with Gasteiger partial charge in [-0.3, -0.25) is 9.59 Å². The first-order valence-electron chi connectivity index (χ1n) is 12.6. The molecular weight excluding hydrogens is 442 g/mol. The van der Waals surface area contributed by atoms with Crippen molar-refractivity contribution in [2.45, 2.75) is 64.1 Å². The van der Waals surface area contributed by atoms with Gasteiger partial charge in [0, 0.05) is 19.7 Å². The number of amides is 2. The van der Waals surface area contributed by atoms with Crippen molar-refractivity contribution in [2.75, 3.05) is 20.3 Å². The van der Waals surface area contributed by atoms with E-state index in [4.69, 9.17) is 4.74 Å². The minimum Gasteiger partial charge on any atom is -0.383 e. The third-order valence-corrected chi connectivity index (χ3v) is 6.78. The first-order valence-corrected chi connectivity index (χ1v) is 12.6. The highest BCUT2D eigenvalue weighted by atomic mass is 16.5. The molecule has 0 saturated heterocycles. The lowest BCUT2D eigenvalue weighted by atomic mass is 9.94. The number of carbonyl (C=O) groups excluding carboxylic acids is 2. The first-order chi connectivity index (χ1) is 17.1. The smallest absolute Gasteiger partial charge is 0.247 e. The second-order valence-corrected chi connectivity index (χ2v) is 9.16. The van der Waals surface area contributed by atoms with Crippen LogP contribution in [0.5, 0.6) is 0 Å². The molecule has 1 aliphatic rings. The number of hydrogen-bond donors (Lipinski definition) is 1. The van der Waals surface area contributed by atoms with E-state index in [0.29, 0.717) is 13.2 Å². The molecule has 1 saturated carbocycles. The van der Waals surface area contributed by atoms with Gasteiger partial charge in [-0.05, 0) is 42.5 Å². The van der Waals surface area contributed by atoms with Gasteiger partial charge in [-0.2, -0.15) is 0 Å². The Bertz CT molecular complexity index is 1120. The molecular formula is C27H35N5O3. The predicted octanol–water partition coefficient (Wildman–Crippen LogP) is 3.66. The van der Waals surface area contributed by atoms with Crippen LogP contribution < -0.4 is 5.32 Å². The van der Waals surface area contributed by atoms with E-state index < -0.39 is 6.04 Å². The van der Waals surface area contributed by atoms with Gasteiger partial charge in [-0.25, -0.2) is 4.68 Å². The van der Waals surface area contributed by atoms with Crippen molar-refractivity contribution in [3.05, 3.63) is 59.7 Å². The van der Waals surface area contributed by atoms with Crippen LogP contribution in [0.4, 0.5) is 0 Å². The Labute approximate surface area is 206 Å². The van der Waals surface area contributed by atoms with Crippen LogP contribution in [0.25, 0.3) is 11.0 Å². The van der Waals surface area contributed by atoms with Crippen LogP contribution in [0.3, 0.4) is 0 Å². The fourth-order valence-electron chi connectivity index (χ4n) is 4.78. The fraction of sp³-hybridized carbons (Fsp3) is 0.481. The van der Waals surface area contributed by atoms with Gasteiger partial charge >= 0.3 is 0 Å². The van der Waals surface area contributed by atoms with Crippen molar-refractivity contribution in [1.82, 2.24) is 25.2 Å². The molecule has 8 nitrogen and oxygen atoms in total. The molecule has 3 aromatic rings. The molecule has 2 amide bonds. The highest BCUT2D eigenvalue weighted by Gasteiger charge is 2.33. The Morgan fingerprint density at radius 2 is 1.86 bits per heavy atom. The number of methoxy groups -OCH3 is 1. The second-order valence-electron chi connectivity index (χ2n) is 9.16. The number of hydrogen-bond acceptors (Lipinski definition) is 5. The van der Waals surface area contributed by atoms with Crippen LogP contribution in [0.15, 0.2) is 48.5 Å². The molecule has 8 heteroatoms. The summed E-state index contributed by atoms with van der Waals surface area (Å²) in [5.74, 6) is -0.352. The standard InChI is InChI=1S/C27H35N5O3/c1-3-20-13-15-21(16-14-20)26(27(34)28-22-9-5-4-6-10-22)31(17-18-35-2)25(33)19-32-24-12-8-7-11-23(24)29-30-32/h7-8,11-16,22,26H,3-6,9-10,17-19H2,1-2H3,(H,28,34). The number of carbonyl (C=O) groups is 2. The summed E-state index contributed by atoms with van der Waals surface area (Å²) in [4.78, 5) is 29.0. The van der Waals surface area contributed by atoms with E-state index in [1.165, 1.54) is 12.0 Å². The van der Waals surface area contributed by atoms with Gasteiger partial charge in [0.15, 0.2) is 0 Å². The number of rotatable bonds is 10. The summed E-state index contributed by atoms with van der Waals surface area (Å²) >= 11 is 0. The van der Waals surface area contributed by atoms with Gasteiger partial charge in [-0.1, -0.05) is 67.8 Å². The van der Waals surface area contributed by atoms with Crippen molar-refractivity contribution in [2.24, 2.45) is 0 Å². The lowest BCUT2D eigenvalue weighted by Gasteiger charge is -2.33. The molecule has 1 N–H and O–H groups in total. The Balaban J connectivity index is 1.64. The molecule has 1 heterocycles. The molecule has 1 aromatic heterocycles. The van der Waals surface area contributed by atoms with E-state index in [9.17, 15) is 9.59 Å². The van der Waals surface area contributed by atoms with Crippen molar-refractivity contribution >= 4 is 22.8 Å². The monoisotopic (exact) mass is 477 g/mol. The number of fused-ring (bicyclic) bond motifs is 1. The number of aromatic nitrogens is 3. The van der Waals surface area contributed by atoms with Crippen LogP contribution in [-0.4, -0.2) is 58.0 Å². The predicted molar refractivity (Wildman–Crippen MR) is 135 cm³/mol. The third-order valence-electron chi connectivity index (χ3n) is 6.78. The minimum atomic E-state index is -0.750. The first kappa shape index (κ1) is 24.9. The summed E-state index contributed by atoms with van der Waals surface area (Å²) in [6, 6.07) is 14.9. The van der Waals surface area contributed by atoms with E-state index in [2.05, 4.69) is 22.6 Å². The second kappa shape index (κ2) is 11.9. The molecule has 1 atom stereocenters. The van der Waals surface area contributed by atoms with E-state index in [1.807, 2.05) is 48.5 Å². The number of ether oxygens (including phenoxy) is 1. The molecule has 0 bridgehead atoms. The van der Waals surface area contributed by atoms with E-state index in [-0.39, 0.29) is 24.4 Å². The maximum absolute atomic E-state index is 13.7. The summed E-state index contributed by atoms with van der Waals surface area (Å²) in [7, 11) is 1.60. The van der Waals surface area contributed by atoms with Crippen molar-refractivity contribution in [1.29, 1.82) is 0 Å². The summed E-state index contributed by atoms with van der Waals surface area (Å²) in [6.07, 6.45) is 6.30. The van der Waals surface area contributed by atoms with Gasteiger partial charge in [0.1, 0.15) is 18.1 Å². The molecule has 0 aliphatic heterocycles. The maximum Gasteiger partial charge on any atom is 0.247 e. The molecule has 0 radical (unpaired) electrons. The minimum absolute atomic E-state index is 0.00944. The molecule has 35 heavy (non-hydrogen) atoms. The highest BCUT2D eigenvalue weighted by molar-refractivity contribution is 5.89. The fourth-order valence-corrected chi connectivity index (χ4v) is 4.78. The maximum atomic E-state index is 13.7. The normalized spacial score (nSPS) is 15.1. The Kier molecular flexibility index (Phi) is 8.47. The SMILES string of the molecule is CCc1ccc(C(C(=O)NC2CCCCC2)N(CCOC)C(=O)Cn2nnc3ccccc32)cc1. The quantitative estimate of drug-likeness (QED) is 0.481. The molecule has 1 aliphatic carbocycles. The molecule has 186 valence electrons. The lowest BCUT2D eigenvalue weighted by Crippen LogP contribution is -2.48. The lowest BCUT2D eigenvalue weighted by molar-refractivity contribution is -0.142. The van der Waals surface area contributed by atoms with Crippen LogP contribution in [0.1, 0.15) is 56.2 Å². The van der Waals surface area contributed by atoms with Crippen LogP contribution in [0.2, 0.25) is 0 Å². The Morgan fingerprint density at radius 3 is 2.57 bits per heavy atom.